The fourth-order valence-corrected chi connectivity index (χ4v) is 3.02. The lowest BCUT2D eigenvalue weighted by Gasteiger charge is -2.37. The molecule has 1 saturated heterocycles. The molecule has 0 bridgehead atoms. The molecule has 2 N–H and O–H groups in total. The van der Waals surface area contributed by atoms with Crippen LogP contribution in [0.5, 0.6) is 0 Å². The van der Waals surface area contributed by atoms with Gasteiger partial charge in [0.15, 0.2) is 0 Å². The van der Waals surface area contributed by atoms with Crippen molar-refractivity contribution in [3.8, 4) is 0 Å². The van der Waals surface area contributed by atoms with Gasteiger partial charge in [-0.2, -0.15) is 0 Å². The normalized spacial score (nSPS) is 23.8. The predicted octanol–water partition coefficient (Wildman–Crippen LogP) is 3.41. The fourth-order valence-electron chi connectivity index (χ4n) is 3.02. The Morgan fingerprint density at radius 2 is 2.12 bits per heavy atom. The van der Waals surface area contributed by atoms with Crippen LogP contribution < -0.4 is 5.73 Å². The lowest BCUT2D eigenvalue weighted by molar-refractivity contribution is 0.121. The summed E-state index contributed by atoms with van der Waals surface area (Å²) in [5, 5.41) is 0. The van der Waals surface area contributed by atoms with Crippen molar-refractivity contribution in [2.75, 3.05) is 19.6 Å². The summed E-state index contributed by atoms with van der Waals surface area (Å²) in [4.78, 5) is 2.70. The highest BCUT2D eigenvalue weighted by Crippen LogP contribution is 2.22. The number of likely N-dealkylation sites (tertiary alicyclic amines) is 1. The van der Waals surface area contributed by atoms with Crippen molar-refractivity contribution in [2.24, 2.45) is 11.7 Å². The van der Waals surface area contributed by atoms with Gasteiger partial charge in [0, 0.05) is 12.6 Å². The fraction of sp³-hybridized carbons (Fsp3) is 1.00. The molecule has 1 heterocycles. The van der Waals surface area contributed by atoms with Crippen LogP contribution in [0, 0.1) is 5.92 Å². The maximum Gasteiger partial charge on any atom is 0.00670 e. The molecule has 17 heavy (non-hydrogen) atoms. The summed E-state index contributed by atoms with van der Waals surface area (Å²) in [7, 11) is 0. The van der Waals surface area contributed by atoms with Crippen LogP contribution in [0.1, 0.15) is 65.2 Å². The van der Waals surface area contributed by atoms with Crippen LogP contribution in [-0.4, -0.2) is 30.6 Å². The van der Waals surface area contributed by atoms with Gasteiger partial charge >= 0.3 is 0 Å². The van der Waals surface area contributed by atoms with Crippen molar-refractivity contribution >= 4 is 0 Å². The Balaban J connectivity index is 2.18. The van der Waals surface area contributed by atoms with Gasteiger partial charge in [-0.3, -0.25) is 0 Å². The summed E-state index contributed by atoms with van der Waals surface area (Å²) >= 11 is 0. The van der Waals surface area contributed by atoms with Crippen LogP contribution in [0.25, 0.3) is 0 Å². The van der Waals surface area contributed by atoms with E-state index in [2.05, 4.69) is 18.7 Å². The summed E-state index contributed by atoms with van der Waals surface area (Å²) in [5.41, 5.74) is 5.68. The quantitative estimate of drug-likeness (QED) is 0.659. The molecule has 0 amide bonds. The second-order valence-corrected chi connectivity index (χ2v) is 5.78. The molecule has 2 unspecified atom stereocenters. The second kappa shape index (κ2) is 8.93. The Morgan fingerprint density at radius 3 is 2.82 bits per heavy atom. The summed E-state index contributed by atoms with van der Waals surface area (Å²) in [6.07, 6.45) is 11.0. The summed E-state index contributed by atoms with van der Waals surface area (Å²) in [5.74, 6) is 0.867. The van der Waals surface area contributed by atoms with E-state index in [1.807, 2.05) is 0 Å². The maximum absolute atomic E-state index is 5.68. The molecule has 2 heteroatoms. The van der Waals surface area contributed by atoms with Gasteiger partial charge in [0.1, 0.15) is 0 Å². The molecular formula is C15H32N2. The molecule has 1 rings (SSSR count). The number of unbranched alkanes of at least 4 members (excludes halogenated alkanes) is 3. The first kappa shape index (κ1) is 15.0. The zero-order chi connectivity index (χ0) is 12.5. The van der Waals surface area contributed by atoms with Crippen LogP contribution in [0.4, 0.5) is 0 Å². The van der Waals surface area contributed by atoms with E-state index in [1.54, 1.807) is 0 Å². The Bertz CT molecular complexity index is 180. The average Bonchev–Trinajstić information content (AvgIpc) is 2.35. The van der Waals surface area contributed by atoms with Crippen molar-refractivity contribution in [3.63, 3.8) is 0 Å². The third-order valence-electron chi connectivity index (χ3n) is 4.22. The Kier molecular flexibility index (Phi) is 7.87. The van der Waals surface area contributed by atoms with Crippen molar-refractivity contribution in [1.82, 2.24) is 4.90 Å². The average molecular weight is 240 g/mol. The smallest absolute Gasteiger partial charge is 0.00670 e. The van der Waals surface area contributed by atoms with E-state index in [0.717, 1.165) is 18.5 Å². The van der Waals surface area contributed by atoms with Gasteiger partial charge in [-0.05, 0) is 51.6 Å². The third kappa shape index (κ3) is 5.87. The number of nitrogens with zero attached hydrogens (tertiary/aromatic N) is 1. The topological polar surface area (TPSA) is 29.3 Å². The highest BCUT2D eigenvalue weighted by atomic mass is 15.2. The van der Waals surface area contributed by atoms with Crippen LogP contribution in [0.3, 0.4) is 0 Å². The number of piperidine rings is 1. The molecule has 2 nitrogen and oxygen atoms in total. The van der Waals surface area contributed by atoms with E-state index in [-0.39, 0.29) is 0 Å². The number of hydrogen-bond donors (Lipinski definition) is 1. The first-order chi connectivity index (χ1) is 8.27. The molecule has 0 aromatic carbocycles. The van der Waals surface area contributed by atoms with Crippen LogP contribution in [-0.2, 0) is 0 Å². The lowest BCUT2D eigenvalue weighted by Crippen LogP contribution is -2.41. The molecule has 0 aromatic rings. The first-order valence-corrected chi connectivity index (χ1v) is 7.72. The minimum atomic E-state index is 0.785. The molecular weight excluding hydrogens is 208 g/mol. The van der Waals surface area contributed by atoms with Crippen molar-refractivity contribution in [3.05, 3.63) is 0 Å². The molecule has 0 spiro atoms. The van der Waals surface area contributed by atoms with Gasteiger partial charge < -0.3 is 10.6 Å². The lowest BCUT2D eigenvalue weighted by atomic mass is 9.93. The molecule has 0 aliphatic carbocycles. The first-order valence-electron chi connectivity index (χ1n) is 7.72. The van der Waals surface area contributed by atoms with Crippen molar-refractivity contribution in [2.45, 2.75) is 71.3 Å². The highest BCUT2D eigenvalue weighted by molar-refractivity contribution is 4.77. The van der Waals surface area contributed by atoms with Gasteiger partial charge in [0.2, 0.25) is 0 Å². The number of nitrogens with two attached hydrogens (primary N) is 1. The Morgan fingerprint density at radius 1 is 1.29 bits per heavy atom. The molecule has 1 aliphatic rings. The van der Waals surface area contributed by atoms with E-state index in [1.165, 1.54) is 64.5 Å². The number of hydrogen-bond acceptors (Lipinski definition) is 2. The summed E-state index contributed by atoms with van der Waals surface area (Å²) in [6, 6.07) is 0.785. The summed E-state index contributed by atoms with van der Waals surface area (Å²) in [6.45, 7) is 8.17. The second-order valence-electron chi connectivity index (χ2n) is 5.78. The molecule has 1 aliphatic heterocycles. The molecule has 102 valence electrons. The van der Waals surface area contributed by atoms with Gasteiger partial charge in [-0.25, -0.2) is 0 Å². The van der Waals surface area contributed by atoms with Crippen LogP contribution in [0.15, 0.2) is 0 Å². The largest absolute Gasteiger partial charge is 0.330 e. The molecule has 0 saturated carbocycles. The standard InChI is InChI=1S/C15H32N2/c1-3-4-5-6-8-14(2)17-12-7-9-15(13-17)10-11-16/h14-15H,3-13,16H2,1-2H3. The maximum atomic E-state index is 5.68. The number of rotatable bonds is 8. The minimum absolute atomic E-state index is 0.785. The van der Waals surface area contributed by atoms with E-state index < -0.39 is 0 Å². The van der Waals surface area contributed by atoms with E-state index in [4.69, 9.17) is 5.73 Å². The molecule has 2 atom stereocenters. The Hall–Kier alpha value is -0.0800. The van der Waals surface area contributed by atoms with E-state index in [9.17, 15) is 0 Å². The van der Waals surface area contributed by atoms with Crippen LogP contribution in [0.2, 0.25) is 0 Å². The predicted molar refractivity (Wildman–Crippen MR) is 76.2 cm³/mol. The van der Waals surface area contributed by atoms with Crippen molar-refractivity contribution in [1.29, 1.82) is 0 Å². The van der Waals surface area contributed by atoms with Gasteiger partial charge in [0.05, 0.1) is 0 Å². The summed E-state index contributed by atoms with van der Waals surface area (Å²) < 4.78 is 0. The monoisotopic (exact) mass is 240 g/mol. The van der Waals surface area contributed by atoms with E-state index in [0.29, 0.717) is 0 Å². The molecule has 1 fully saturated rings. The van der Waals surface area contributed by atoms with Crippen LogP contribution >= 0.6 is 0 Å². The Labute approximate surface area is 108 Å². The zero-order valence-electron chi connectivity index (χ0n) is 12.0. The van der Waals surface area contributed by atoms with Gasteiger partial charge in [-0.15, -0.1) is 0 Å². The highest BCUT2D eigenvalue weighted by Gasteiger charge is 2.22. The molecule has 0 radical (unpaired) electrons. The zero-order valence-corrected chi connectivity index (χ0v) is 12.0. The SMILES string of the molecule is CCCCCCC(C)N1CCCC(CCN)C1. The third-order valence-corrected chi connectivity index (χ3v) is 4.22. The minimum Gasteiger partial charge on any atom is -0.330 e. The van der Waals surface area contributed by atoms with Gasteiger partial charge in [0.25, 0.3) is 0 Å². The van der Waals surface area contributed by atoms with E-state index >= 15 is 0 Å². The van der Waals surface area contributed by atoms with Gasteiger partial charge in [-0.1, -0.05) is 32.6 Å². The molecule has 0 aromatic heterocycles. The van der Waals surface area contributed by atoms with Crippen molar-refractivity contribution < 1.29 is 0 Å².